The molecule has 4 rings (SSSR count). The summed E-state index contributed by atoms with van der Waals surface area (Å²) in [5, 5.41) is 5.02. The summed E-state index contributed by atoms with van der Waals surface area (Å²) in [6.07, 6.45) is 2.19. The minimum atomic E-state index is -0.382. The summed E-state index contributed by atoms with van der Waals surface area (Å²) in [5.74, 6) is -0.108. The van der Waals surface area contributed by atoms with E-state index in [0.29, 0.717) is 24.4 Å². The Kier molecular flexibility index (Phi) is 4.78. The average molecular weight is 370 g/mol. The van der Waals surface area contributed by atoms with Gasteiger partial charge in [-0.05, 0) is 60.9 Å². The third-order valence-electron chi connectivity index (χ3n) is 5.14. The summed E-state index contributed by atoms with van der Waals surface area (Å²) >= 11 is 1.76. The van der Waals surface area contributed by atoms with Crippen molar-refractivity contribution in [1.82, 2.24) is 4.90 Å². The first-order valence-corrected chi connectivity index (χ1v) is 9.88. The number of hydrogen-bond donors (Lipinski definition) is 1. The fourth-order valence-corrected chi connectivity index (χ4v) is 4.48. The first-order valence-electron chi connectivity index (χ1n) is 9.00. The lowest BCUT2D eigenvalue weighted by Crippen LogP contribution is -2.36. The van der Waals surface area contributed by atoms with Crippen LogP contribution in [-0.4, -0.2) is 36.0 Å². The second-order valence-corrected chi connectivity index (χ2v) is 7.82. The Morgan fingerprint density at radius 2 is 2.19 bits per heavy atom. The van der Waals surface area contributed by atoms with E-state index in [-0.39, 0.29) is 17.9 Å². The van der Waals surface area contributed by atoms with E-state index in [9.17, 15) is 9.59 Å². The fraction of sp³-hybridized carbons (Fsp3) is 0.400. The SMILES string of the molecule is Cc1c(NC(=O)[C@@H]2CCCO2)cccc1C(=O)N1CCc2sccc2C1. The number of rotatable bonds is 3. The highest BCUT2D eigenvalue weighted by molar-refractivity contribution is 7.10. The number of benzene rings is 1. The smallest absolute Gasteiger partial charge is 0.254 e. The molecule has 1 saturated heterocycles. The first-order chi connectivity index (χ1) is 12.6. The Balaban J connectivity index is 1.52. The van der Waals surface area contributed by atoms with Gasteiger partial charge in [-0.2, -0.15) is 0 Å². The van der Waals surface area contributed by atoms with E-state index < -0.39 is 0 Å². The van der Waals surface area contributed by atoms with Crippen LogP contribution in [0.1, 0.15) is 39.2 Å². The van der Waals surface area contributed by atoms with E-state index in [0.717, 1.165) is 31.4 Å². The van der Waals surface area contributed by atoms with Crippen LogP contribution in [0.5, 0.6) is 0 Å². The van der Waals surface area contributed by atoms with Crippen molar-refractivity contribution in [3.8, 4) is 0 Å². The van der Waals surface area contributed by atoms with Gasteiger partial charge in [0.15, 0.2) is 0 Å². The molecule has 2 amide bonds. The lowest BCUT2D eigenvalue weighted by molar-refractivity contribution is -0.124. The van der Waals surface area contributed by atoms with Crippen LogP contribution in [0.25, 0.3) is 0 Å². The molecule has 2 aliphatic heterocycles. The predicted molar refractivity (Wildman–Crippen MR) is 102 cm³/mol. The predicted octanol–water partition coefficient (Wildman–Crippen LogP) is 3.37. The zero-order valence-corrected chi connectivity index (χ0v) is 15.6. The van der Waals surface area contributed by atoms with Gasteiger partial charge in [0.2, 0.25) is 0 Å². The van der Waals surface area contributed by atoms with Crippen LogP contribution < -0.4 is 5.32 Å². The van der Waals surface area contributed by atoms with Gasteiger partial charge in [-0.1, -0.05) is 6.07 Å². The van der Waals surface area contributed by atoms with Crippen LogP contribution >= 0.6 is 11.3 Å². The molecule has 5 nitrogen and oxygen atoms in total. The topological polar surface area (TPSA) is 58.6 Å². The van der Waals surface area contributed by atoms with Gasteiger partial charge in [-0.15, -0.1) is 11.3 Å². The molecule has 2 aromatic rings. The summed E-state index contributed by atoms with van der Waals surface area (Å²) in [6.45, 7) is 3.91. The average Bonchev–Trinajstić information content (AvgIpc) is 3.34. The second kappa shape index (κ2) is 7.21. The Bertz CT molecular complexity index is 839. The van der Waals surface area contributed by atoms with Gasteiger partial charge in [0.1, 0.15) is 6.10 Å². The van der Waals surface area contributed by atoms with Crippen molar-refractivity contribution >= 4 is 28.8 Å². The number of thiophene rings is 1. The number of hydrogen-bond acceptors (Lipinski definition) is 4. The number of nitrogens with zero attached hydrogens (tertiary/aromatic N) is 1. The van der Waals surface area contributed by atoms with Gasteiger partial charge in [-0.3, -0.25) is 9.59 Å². The van der Waals surface area contributed by atoms with Gasteiger partial charge in [0.05, 0.1) is 0 Å². The van der Waals surface area contributed by atoms with Crippen molar-refractivity contribution in [2.24, 2.45) is 0 Å². The maximum Gasteiger partial charge on any atom is 0.254 e. The highest BCUT2D eigenvalue weighted by atomic mass is 32.1. The molecule has 1 N–H and O–H groups in total. The molecule has 6 heteroatoms. The van der Waals surface area contributed by atoms with Crippen molar-refractivity contribution in [3.63, 3.8) is 0 Å². The van der Waals surface area contributed by atoms with E-state index in [2.05, 4.69) is 16.8 Å². The monoisotopic (exact) mass is 370 g/mol. The van der Waals surface area contributed by atoms with Crippen molar-refractivity contribution in [3.05, 3.63) is 51.2 Å². The summed E-state index contributed by atoms with van der Waals surface area (Å²) in [4.78, 5) is 28.6. The van der Waals surface area contributed by atoms with Gasteiger partial charge in [0.25, 0.3) is 11.8 Å². The molecule has 26 heavy (non-hydrogen) atoms. The molecule has 1 aromatic heterocycles. The molecule has 0 bridgehead atoms. The zero-order chi connectivity index (χ0) is 18.1. The van der Waals surface area contributed by atoms with Gasteiger partial charge in [-0.25, -0.2) is 0 Å². The van der Waals surface area contributed by atoms with Crippen molar-refractivity contribution < 1.29 is 14.3 Å². The molecule has 0 aliphatic carbocycles. The lowest BCUT2D eigenvalue weighted by Gasteiger charge is -2.28. The summed E-state index contributed by atoms with van der Waals surface area (Å²) in [6, 6.07) is 7.60. The van der Waals surface area contributed by atoms with Crippen LogP contribution in [0.15, 0.2) is 29.6 Å². The molecule has 1 atom stereocenters. The van der Waals surface area contributed by atoms with Gasteiger partial charge < -0.3 is 15.0 Å². The maximum absolute atomic E-state index is 13.0. The Labute approximate surface area is 157 Å². The number of ether oxygens (including phenoxy) is 1. The number of anilines is 1. The van der Waals surface area contributed by atoms with Crippen molar-refractivity contribution in [2.75, 3.05) is 18.5 Å². The third-order valence-corrected chi connectivity index (χ3v) is 6.16. The molecule has 0 unspecified atom stereocenters. The molecule has 0 radical (unpaired) electrons. The van der Waals surface area contributed by atoms with Crippen LogP contribution in [0, 0.1) is 6.92 Å². The number of nitrogens with one attached hydrogen (secondary N) is 1. The molecule has 136 valence electrons. The maximum atomic E-state index is 13.0. The third kappa shape index (κ3) is 3.27. The molecule has 0 spiro atoms. The van der Waals surface area contributed by atoms with Gasteiger partial charge >= 0.3 is 0 Å². The van der Waals surface area contributed by atoms with Crippen LogP contribution in [0.4, 0.5) is 5.69 Å². The second-order valence-electron chi connectivity index (χ2n) is 6.81. The Hall–Kier alpha value is -2.18. The fourth-order valence-electron chi connectivity index (χ4n) is 3.59. The van der Waals surface area contributed by atoms with Crippen LogP contribution in [0.3, 0.4) is 0 Å². The van der Waals surface area contributed by atoms with Crippen LogP contribution in [-0.2, 0) is 22.5 Å². The van der Waals surface area contributed by atoms with Crippen molar-refractivity contribution in [2.45, 2.75) is 38.8 Å². The van der Waals surface area contributed by atoms with E-state index >= 15 is 0 Å². The normalized spacial score (nSPS) is 19.3. The van der Waals surface area contributed by atoms with Gasteiger partial charge in [0, 0.05) is 35.8 Å². The number of amides is 2. The molecule has 1 aromatic carbocycles. The summed E-state index contributed by atoms with van der Waals surface area (Å²) in [7, 11) is 0. The quantitative estimate of drug-likeness (QED) is 0.901. The minimum Gasteiger partial charge on any atom is -0.368 e. The molecule has 2 aliphatic rings. The Morgan fingerprint density at radius 3 is 3.00 bits per heavy atom. The largest absolute Gasteiger partial charge is 0.368 e. The molecule has 1 fully saturated rings. The summed E-state index contributed by atoms with van der Waals surface area (Å²) in [5.41, 5.74) is 3.38. The first kappa shape index (κ1) is 17.2. The standard InChI is InChI=1S/C20H22N2O3S/c1-13-15(20(24)22-9-7-18-14(12-22)8-11-26-18)4-2-5-16(13)21-19(23)17-6-3-10-25-17/h2,4-5,8,11,17H,3,6-7,9-10,12H2,1H3,(H,21,23)/t17-/m0/s1. The zero-order valence-electron chi connectivity index (χ0n) is 14.8. The van der Waals surface area contributed by atoms with E-state index in [1.807, 2.05) is 30.0 Å². The summed E-state index contributed by atoms with van der Waals surface area (Å²) < 4.78 is 5.44. The number of carbonyl (C=O) groups excluding carboxylic acids is 2. The highest BCUT2D eigenvalue weighted by Crippen LogP contribution is 2.27. The molecule has 3 heterocycles. The Morgan fingerprint density at radius 1 is 1.31 bits per heavy atom. The number of fused-ring (bicyclic) bond motifs is 1. The van der Waals surface area contributed by atoms with Crippen LogP contribution in [0.2, 0.25) is 0 Å². The molecular weight excluding hydrogens is 348 g/mol. The van der Waals surface area contributed by atoms with E-state index in [1.54, 1.807) is 11.3 Å². The molecule has 0 saturated carbocycles. The number of carbonyl (C=O) groups is 2. The van der Waals surface area contributed by atoms with Crippen molar-refractivity contribution in [1.29, 1.82) is 0 Å². The van der Waals surface area contributed by atoms with E-state index in [4.69, 9.17) is 4.74 Å². The van der Waals surface area contributed by atoms with E-state index in [1.165, 1.54) is 10.4 Å². The molecular formula is C20H22N2O3S. The highest BCUT2D eigenvalue weighted by Gasteiger charge is 2.26. The lowest BCUT2D eigenvalue weighted by atomic mass is 10.0. The minimum absolute atomic E-state index is 0.0209.